The van der Waals surface area contributed by atoms with Gasteiger partial charge in [-0.1, -0.05) is 39.3 Å². The van der Waals surface area contributed by atoms with Crippen molar-refractivity contribution < 1.29 is 0 Å². The molecule has 130 valence electrons. The Morgan fingerprint density at radius 1 is 0.682 bits per heavy atom. The smallest absolute Gasteiger partial charge is 0.164 e. The molecule has 0 N–H and O–H groups in total. The van der Waals surface area contributed by atoms with Crippen molar-refractivity contribution in [2.45, 2.75) is 91.9 Å². The van der Waals surface area contributed by atoms with E-state index in [2.05, 4.69) is 107 Å². The van der Waals surface area contributed by atoms with Gasteiger partial charge in [0.05, 0.1) is 0 Å². The van der Waals surface area contributed by atoms with Crippen molar-refractivity contribution in [3.8, 4) is 0 Å². The molecular formula is C16H38N3PSi2. The maximum Gasteiger partial charge on any atom is 0.164 e. The van der Waals surface area contributed by atoms with E-state index in [9.17, 15) is 0 Å². The molecule has 0 aromatic rings. The Labute approximate surface area is 142 Å². The first-order chi connectivity index (χ1) is 9.47. The van der Waals surface area contributed by atoms with Crippen LogP contribution < -0.4 is 0 Å². The second kappa shape index (κ2) is 5.91. The average molecular weight is 360 g/mol. The Morgan fingerprint density at radius 3 is 1.14 bits per heavy atom. The second-order valence-electron chi connectivity index (χ2n) is 10.3. The van der Waals surface area contributed by atoms with Crippen molar-refractivity contribution in [2.75, 3.05) is 0 Å². The predicted molar refractivity (Wildman–Crippen MR) is 108 cm³/mol. The van der Waals surface area contributed by atoms with Gasteiger partial charge in [-0.15, -0.1) is 0 Å². The summed E-state index contributed by atoms with van der Waals surface area (Å²) in [6.07, 6.45) is 4.68. The predicted octanol–water partition coefficient (Wildman–Crippen LogP) is 5.87. The third kappa shape index (κ3) is 4.37. The lowest BCUT2D eigenvalue weighted by atomic mass is 10.1. The molecule has 0 aromatic heterocycles. The van der Waals surface area contributed by atoms with Crippen LogP contribution in [0.2, 0.25) is 39.3 Å². The van der Waals surface area contributed by atoms with Gasteiger partial charge in [0.25, 0.3) is 0 Å². The van der Waals surface area contributed by atoms with Crippen LogP contribution in [0.4, 0.5) is 0 Å². The van der Waals surface area contributed by atoms with Gasteiger partial charge >= 0.3 is 0 Å². The van der Waals surface area contributed by atoms with E-state index in [0.717, 1.165) is 0 Å². The number of nitrogens with zero attached hydrogens (tertiary/aromatic N) is 3. The summed E-state index contributed by atoms with van der Waals surface area (Å²) in [5, 5.41) is 0. The van der Waals surface area contributed by atoms with Gasteiger partial charge in [0.2, 0.25) is 0 Å². The van der Waals surface area contributed by atoms with Gasteiger partial charge in [0.15, 0.2) is 8.37 Å². The van der Waals surface area contributed by atoms with Crippen LogP contribution in [0.1, 0.15) is 41.5 Å². The Bertz CT molecular complexity index is 387. The quantitative estimate of drug-likeness (QED) is 0.461. The van der Waals surface area contributed by atoms with E-state index in [1.165, 1.54) is 0 Å². The Kier molecular flexibility index (Phi) is 5.43. The zero-order valence-corrected chi connectivity index (χ0v) is 19.8. The summed E-state index contributed by atoms with van der Waals surface area (Å²) in [7, 11) is -3.33. The van der Waals surface area contributed by atoms with E-state index >= 15 is 0 Å². The van der Waals surface area contributed by atoms with Gasteiger partial charge in [-0.25, -0.2) is 0 Å². The Morgan fingerprint density at radius 2 is 0.955 bits per heavy atom. The highest BCUT2D eigenvalue weighted by molar-refractivity contribution is 7.56. The van der Waals surface area contributed by atoms with Gasteiger partial charge < -0.3 is 9.34 Å². The lowest BCUT2D eigenvalue weighted by Gasteiger charge is -2.56. The van der Waals surface area contributed by atoms with Gasteiger partial charge in [0.1, 0.15) is 16.5 Å². The van der Waals surface area contributed by atoms with Crippen LogP contribution >= 0.6 is 8.37 Å². The summed E-state index contributed by atoms with van der Waals surface area (Å²) in [4.78, 5) is 0. The van der Waals surface area contributed by atoms with Crippen LogP contribution in [0.25, 0.3) is 0 Å². The highest BCUT2D eigenvalue weighted by Crippen LogP contribution is 2.61. The highest BCUT2D eigenvalue weighted by Gasteiger charge is 2.50. The van der Waals surface area contributed by atoms with Crippen LogP contribution in [0.5, 0.6) is 0 Å². The molecule has 0 atom stereocenters. The van der Waals surface area contributed by atoms with E-state index < -0.39 is 24.8 Å². The first kappa shape index (κ1) is 20.2. The summed E-state index contributed by atoms with van der Waals surface area (Å²) in [5.74, 6) is 0. The maximum atomic E-state index is 2.98. The van der Waals surface area contributed by atoms with Crippen molar-refractivity contribution in [3.05, 3.63) is 12.4 Å². The van der Waals surface area contributed by atoms with Crippen LogP contribution in [0.15, 0.2) is 12.4 Å². The zero-order chi connectivity index (χ0) is 17.7. The molecule has 0 fully saturated rings. The molecule has 0 spiro atoms. The monoisotopic (exact) mass is 359 g/mol. The fourth-order valence-electron chi connectivity index (χ4n) is 3.07. The third-order valence-corrected chi connectivity index (χ3v) is 17.4. The molecule has 0 aromatic carbocycles. The van der Waals surface area contributed by atoms with E-state index in [-0.39, 0.29) is 11.1 Å². The van der Waals surface area contributed by atoms with Crippen LogP contribution in [-0.2, 0) is 0 Å². The van der Waals surface area contributed by atoms with Crippen molar-refractivity contribution in [3.63, 3.8) is 0 Å². The molecule has 0 aliphatic carbocycles. The maximum absolute atomic E-state index is 2.98. The summed E-state index contributed by atoms with van der Waals surface area (Å²) < 4.78 is 8.24. The van der Waals surface area contributed by atoms with Gasteiger partial charge in [-0.3, -0.25) is 4.00 Å². The van der Waals surface area contributed by atoms with Crippen molar-refractivity contribution in [2.24, 2.45) is 0 Å². The first-order valence-corrected chi connectivity index (χ1v) is 16.4. The molecule has 1 aliphatic rings. The van der Waals surface area contributed by atoms with Gasteiger partial charge in [0, 0.05) is 23.5 Å². The lowest BCUT2D eigenvalue weighted by molar-refractivity contribution is 0.301. The SMILES string of the molecule is CC(C)(C)N1C=CN(C(C)(C)C)P1N([Si](C)(C)C)[Si](C)(C)C. The van der Waals surface area contributed by atoms with Crippen molar-refractivity contribution in [1.82, 2.24) is 13.3 Å². The van der Waals surface area contributed by atoms with E-state index in [0.29, 0.717) is 0 Å². The molecule has 3 nitrogen and oxygen atoms in total. The number of rotatable bonds is 3. The molecule has 6 heteroatoms. The Balaban J connectivity index is 3.43. The molecule has 1 aliphatic heterocycles. The summed E-state index contributed by atoms with van der Waals surface area (Å²) in [5.41, 5.74) is 0.305. The fraction of sp³-hybridized carbons (Fsp3) is 0.875. The van der Waals surface area contributed by atoms with Crippen LogP contribution in [0, 0.1) is 0 Å². The van der Waals surface area contributed by atoms with Crippen LogP contribution in [-0.4, -0.2) is 40.9 Å². The zero-order valence-electron chi connectivity index (χ0n) is 16.9. The minimum atomic E-state index is -1.43. The lowest BCUT2D eigenvalue weighted by Crippen LogP contribution is -2.60. The molecular weight excluding hydrogens is 321 g/mol. The second-order valence-corrected chi connectivity index (χ2v) is 22.8. The van der Waals surface area contributed by atoms with E-state index in [1.807, 2.05) is 0 Å². The molecule has 0 unspecified atom stereocenters. The Hall–Kier alpha value is 0.164. The van der Waals surface area contributed by atoms with Crippen molar-refractivity contribution in [1.29, 1.82) is 0 Å². The molecule has 0 radical (unpaired) electrons. The molecule has 22 heavy (non-hydrogen) atoms. The highest BCUT2D eigenvalue weighted by atomic mass is 31.2. The minimum absolute atomic E-state index is 0.153. The summed E-state index contributed by atoms with van der Waals surface area (Å²) in [6, 6.07) is 0. The average Bonchev–Trinajstić information content (AvgIpc) is 2.54. The van der Waals surface area contributed by atoms with Gasteiger partial charge in [-0.2, -0.15) is 0 Å². The third-order valence-electron chi connectivity index (χ3n) is 3.56. The van der Waals surface area contributed by atoms with Gasteiger partial charge in [-0.05, 0) is 41.5 Å². The minimum Gasteiger partial charge on any atom is -0.322 e. The topological polar surface area (TPSA) is 9.72 Å². The van der Waals surface area contributed by atoms with E-state index in [4.69, 9.17) is 0 Å². The summed E-state index contributed by atoms with van der Waals surface area (Å²) >= 11 is 0. The largest absolute Gasteiger partial charge is 0.322 e. The van der Waals surface area contributed by atoms with E-state index in [1.54, 1.807) is 0 Å². The summed E-state index contributed by atoms with van der Waals surface area (Å²) in [6.45, 7) is 29.1. The van der Waals surface area contributed by atoms with Crippen molar-refractivity contribution >= 4 is 24.8 Å². The molecule has 0 bridgehead atoms. The van der Waals surface area contributed by atoms with Crippen LogP contribution in [0.3, 0.4) is 0 Å². The number of hydrogen-bond acceptors (Lipinski definition) is 3. The number of hydrogen-bond donors (Lipinski definition) is 0. The molecule has 1 rings (SSSR count). The molecule has 0 saturated heterocycles. The molecule has 0 saturated carbocycles. The molecule has 0 amide bonds. The molecule has 1 heterocycles. The standard InChI is InChI=1S/C16H38N3PSi2/c1-15(2,3)17-13-14-18(16(4,5)6)20(17)19(21(7,8)9)22(10,11)12/h13-14H,1-12H3. The fourth-order valence-corrected chi connectivity index (χ4v) is 18.6. The normalized spacial score (nSPS) is 18.8. The first-order valence-electron chi connectivity index (χ1n) is 8.34.